The van der Waals surface area contributed by atoms with E-state index in [4.69, 9.17) is 4.74 Å². The fourth-order valence-corrected chi connectivity index (χ4v) is 6.83. The second kappa shape index (κ2) is 9.38. The van der Waals surface area contributed by atoms with E-state index in [0.29, 0.717) is 56.2 Å². The van der Waals surface area contributed by atoms with E-state index in [-0.39, 0.29) is 10.8 Å². The SMILES string of the molecule is COc1ccccc1N1CCN(S(=O)(=O)c2c(C(=O)N3CCCCC3)c(C)n(C)c2C)CC1. The molecular weight excluding hydrogens is 440 g/mol. The molecule has 33 heavy (non-hydrogen) atoms. The third-order valence-corrected chi connectivity index (χ3v) is 9.10. The smallest absolute Gasteiger partial charge is 0.257 e. The standard InChI is InChI=1S/C24H34N4O4S/c1-18-22(24(29)27-12-8-5-9-13-27)23(19(2)25(18)3)33(30,31)28-16-14-26(15-17-28)20-10-6-7-11-21(20)32-4/h6-7,10-11H,5,8-9,12-17H2,1-4H3. The van der Waals surface area contributed by atoms with E-state index in [9.17, 15) is 13.2 Å². The van der Waals surface area contributed by atoms with Crippen LogP contribution in [0.3, 0.4) is 0 Å². The number of carbonyl (C=O) groups excluding carboxylic acids is 1. The number of aromatic nitrogens is 1. The van der Waals surface area contributed by atoms with Gasteiger partial charge in [-0.25, -0.2) is 8.42 Å². The maximum absolute atomic E-state index is 13.8. The minimum atomic E-state index is -3.82. The summed E-state index contributed by atoms with van der Waals surface area (Å²) in [5.74, 6) is 0.611. The molecule has 2 fully saturated rings. The normalized spacial score (nSPS) is 17.9. The molecule has 3 heterocycles. The Morgan fingerprint density at radius 1 is 0.909 bits per heavy atom. The molecule has 0 bridgehead atoms. The summed E-state index contributed by atoms with van der Waals surface area (Å²) in [4.78, 5) is 17.6. The number of amides is 1. The number of piperidine rings is 1. The first kappa shape index (κ1) is 23.6. The number of carbonyl (C=O) groups is 1. The molecule has 0 atom stereocenters. The highest BCUT2D eigenvalue weighted by atomic mass is 32.2. The maximum atomic E-state index is 13.8. The lowest BCUT2D eigenvalue weighted by Gasteiger charge is -2.36. The molecule has 2 aliphatic heterocycles. The molecule has 1 amide bonds. The number of para-hydroxylation sites is 2. The molecule has 0 saturated carbocycles. The zero-order valence-electron chi connectivity index (χ0n) is 20.0. The Hall–Kier alpha value is -2.52. The van der Waals surface area contributed by atoms with Crippen LogP contribution in [0.25, 0.3) is 0 Å². The molecule has 2 saturated heterocycles. The van der Waals surface area contributed by atoms with Gasteiger partial charge in [-0.15, -0.1) is 0 Å². The van der Waals surface area contributed by atoms with Gasteiger partial charge in [0, 0.05) is 57.7 Å². The molecule has 0 unspecified atom stereocenters. The Balaban J connectivity index is 1.62. The molecule has 0 aliphatic carbocycles. The van der Waals surface area contributed by atoms with Gasteiger partial charge in [0.2, 0.25) is 10.0 Å². The summed E-state index contributed by atoms with van der Waals surface area (Å²) in [6, 6.07) is 7.77. The van der Waals surface area contributed by atoms with Crippen molar-refractivity contribution < 1.29 is 17.9 Å². The summed E-state index contributed by atoms with van der Waals surface area (Å²) in [7, 11) is -0.353. The molecule has 1 aromatic carbocycles. The van der Waals surface area contributed by atoms with Crippen LogP contribution in [0, 0.1) is 13.8 Å². The van der Waals surface area contributed by atoms with Crippen LogP contribution in [0.15, 0.2) is 29.2 Å². The van der Waals surface area contributed by atoms with Gasteiger partial charge in [0.1, 0.15) is 10.6 Å². The van der Waals surface area contributed by atoms with E-state index < -0.39 is 10.0 Å². The van der Waals surface area contributed by atoms with Gasteiger partial charge in [0.15, 0.2) is 0 Å². The molecule has 9 heteroatoms. The Bertz CT molecular complexity index is 1130. The van der Waals surface area contributed by atoms with Crippen LogP contribution >= 0.6 is 0 Å². The van der Waals surface area contributed by atoms with Crippen molar-refractivity contribution in [2.24, 2.45) is 7.05 Å². The van der Waals surface area contributed by atoms with Gasteiger partial charge in [0.25, 0.3) is 5.91 Å². The van der Waals surface area contributed by atoms with E-state index in [2.05, 4.69) is 4.90 Å². The van der Waals surface area contributed by atoms with Crippen LogP contribution in [-0.2, 0) is 17.1 Å². The second-order valence-corrected chi connectivity index (χ2v) is 10.7. The van der Waals surface area contributed by atoms with Crippen molar-refractivity contribution in [3.05, 3.63) is 41.2 Å². The van der Waals surface area contributed by atoms with Crippen LogP contribution in [0.1, 0.15) is 41.0 Å². The van der Waals surface area contributed by atoms with Crippen molar-refractivity contribution in [3.8, 4) is 5.75 Å². The zero-order valence-corrected chi connectivity index (χ0v) is 20.8. The third-order valence-electron chi connectivity index (χ3n) is 7.04. The number of nitrogens with zero attached hydrogens (tertiary/aromatic N) is 4. The minimum absolute atomic E-state index is 0.165. The van der Waals surface area contributed by atoms with E-state index in [0.717, 1.165) is 30.7 Å². The molecule has 8 nitrogen and oxygen atoms in total. The van der Waals surface area contributed by atoms with Crippen LogP contribution in [-0.4, -0.2) is 74.5 Å². The predicted octanol–water partition coefficient (Wildman–Crippen LogP) is 2.79. The van der Waals surface area contributed by atoms with Crippen molar-refractivity contribution in [3.63, 3.8) is 0 Å². The van der Waals surface area contributed by atoms with Crippen molar-refractivity contribution in [2.45, 2.75) is 38.0 Å². The Labute approximate surface area is 196 Å². The lowest BCUT2D eigenvalue weighted by Crippen LogP contribution is -2.49. The van der Waals surface area contributed by atoms with Gasteiger partial charge >= 0.3 is 0 Å². The zero-order chi connectivity index (χ0) is 23.8. The molecule has 0 radical (unpaired) electrons. The lowest BCUT2D eigenvalue weighted by atomic mass is 10.1. The van der Waals surface area contributed by atoms with Gasteiger partial charge in [-0.3, -0.25) is 4.79 Å². The average Bonchev–Trinajstić information content (AvgIpc) is 3.08. The second-order valence-electron chi connectivity index (χ2n) is 8.85. The number of sulfonamides is 1. The molecule has 2 aliphatic rings. The molecule has 2 aromatic rings. The minimum Gasteiger partial charge on any atom is -0.495 e. The first-order valence-electron chi connectivity index (χ1n) is 11.6. The lowest BCUT2D eigenvalue weighted by molar-refractivity contribution is 0.0719. The third kappa shape index (κ3) is 4.24. The molecule has 180 valence electrons. The largest absolute Gasteiger partial charge is 0.495 e. The summed E-state index contributed by atoms with van der Waals surface area (Å²) < 4.78 is 36.5. The quantitative estimate of drug-likeness (QED) is 0.666. The van der Waals surface area contributed by atoms with Crippen molar-refractivity contribution >= 4 is 21.6 Å². The summed E-state index contributed by atoms with van der Waals surface area (Å²) in [6.07, 6.45) is 3.03. The van der Waals surface area contributed by atoms with Crippen LogP contribution < -0.4 is 9.64 Å². The highest BCUT2D eigenvalue weighted by Crippen LogP contribution is 2.33. The highest BCUT2D eigenvalue weighted by Gasteiger charge is 2.38. The average molecular weight is 475 g/mol. The Kier molecular flexibility index (Phi) is 6.72. The first-order valence-corrected chi connectivity index (χ1v) is 13.0. The number of rotatable bonds is 5. The van der Waals surface area contributed by atoms with Crippen LogP contribution in [0.4, 0.5) is 5.69 Å². The summed E-state index contributed by atoms with van der Waals surface area (Å²) in [5.41, 5.74) is 2.61. The van der Waals surface area contributed by atoms with Gasteiger partial charge < -0.3 is 19.1 Å². The van der Waals surface area contributed by atoms with E-state index in [1.807, 2.05) is 47.7 Å². The fraction of sp³-hybridized carbons (Fsp3) is 0.542. The van der Waals surface area contributed by atoms with Crippen LogP contribution in [0.2, 0.25) is 0 Å². The monoisotopic (exact) mass is 474 g/mol. The summed E-state index contributed by atoms with van der Waals surface area (Å²) in [6.45, 7) is 6.81. The molecule has 0 spiro atoms. The van der Waals surface area contributed by atoms with Crippen molar-refractivity contribution in [1.82, 2.24) is 13.8 Å². The van der Waals surface area contributed by atoms with Gasteiger partial charge in [-0.05, 0) is 45.2 Å². The van der Waals surface area contributed by atoms with Crippen LogP contribution in [0.5, 0.6) is 5.75 Å². The van der Waals surface area contributed by atoms with Gasteiger partial charge in [-0.1, -0.05) is 12.1 Å². The van der Waals surface area contributed by atoms with E-state index >= 15 is 0 Å². The molecule has 4 rings (SSSR count). The predicted molar refractivity (Wildman–Crippen MR) is 129 cm³/mol. The molecule has 0 N–H and O–H groups in total. The highest BCUT2D eigenvalue weighted by molar-refractivity contribution is 7.89. The van der Waals surface area contributed by atoms with E-state index in [1.54, 1.807) is 14.0 Å². The molecule has 1 aromatic heterocycles. The number of methoxy groups -OCH3 is 1. The Morgan fingerprint density at radius 3 is 2.18 bits per heavy atom. The fourth-order valence-electron chi connectivity index (χ4n) is 4.93. The van der Waals surface area contributed by atoms with Gasteiger partial charge in [0.05, 0.1) is 18.4 Å². The van der Waals surface area contributed by atoms with Crippen molar-refractivity contribution in [2.75, 3.05) is 51.3 Å². The number of hydrogen-bond acceptors (Lipinski definition) is 5. The van der Waals surface area contributed by atoms with Gasteiger partial charge in [-0.2, -0.15) is 4.31 Å². The number of piperazine rings is 1. The number of benzene rings is 1. The topological polar surface area (TPSA) is 75.1 Å². The number of ether oxygens (including phenoxy) is 1. The maximum Gasteiger partial charge on any atom is 0.257 e. The Morgan fingerprint density at radius 2 is 1.55 bits per heavy atom. The summed E-state index contributed by atoms with van der Waals surface area (Å²) in [5, 5.41) is 0. The first-order chi connectivity index (χ1) is 15.8. The number of likely N-dealkylation sites (tertiary alicyclic amines) is 1. The van der Waals surface area contributed by atoms with E-state index in [1.165, 1.54) is 4.31 Å². The van der Waals surface area contributed by atoms with Crippen molar-refractivity contribution in [1.29, 1.82) is 0 Å². The number of anilines is 1. The summed E-state index contributed by atoms with van der Waals surface area (Å²) >= 11 is 0. The number of hydrogen-bond donors (Lipinski definition) is 0. The molecular formula is C24H34N4O4S.